The molecule has 0 radical (unpaired) electrons. The number of nitrogens with two attached hydrogens (primary N) is 1. The number of hydrogen-bond acceptors (Lipinski definition) is 5. The average molecular weight is 366 g/mol. The van der Waals surface area contributed by atoms with Crippen molar-refractivity contribution in [3.63, 3.8) is 0 Å². The van der Waals surface area contributed by atoms with Gasteiger partial charge in [-0.3, -0.25) is 5.10 Å². The summed E-state index contributed by atoms with van der Waals surface area (Å²) < 4.78 is 5.57. The molecular weight excluding hydrogens is 350 g/mol. The molecule has 2 aromatic heterocycles. The molecule has 0 amide bonds. The van der Waals surface area contributed by atoms with Crippen LogP contribution in [-0.4, -0.2) is 15.2 Å². The minimum Gasteiger partial charge on any atom is -0.420 e. The lowest BCUT2D eigenvalue weighted by atomic mass is 9.83. The molecule has 0 spiro atoms. The number of rotatable bonds is 3. The van der Waals surface area contributed by atoms with Gasteiger partial charge in [0, 0.05) is 16.6 Å². The average Bonchev–Trinajstić information content (AvgIpc) is 3.02. The molecule has 1 atom stereocenters. The molecule has 1 aromatic carbocycles. The maximum Gasteiger partial charge on any atom is 0.244 e. The Hall–Kier alpha value is -3.04. The number of aromatic amines is 1. The van der Waals surface area contributed by atoms with E-state index >= 15 is 0 Å². The Kier molecular flexibility index (Phi) is 4.02. The van der Waals surface area contributed by atoms with Crippen LogP contribution >= 0.6 is 11.6 Å². The number of halogens is 1. The zero-order chi connectivity index (χ0) is 18.3. The van der Waals surface area contributed by atoms with E-state index in [9.17, 15) is 5.26 Å². The highest BCUT2D eigenvalue weighted by Crippen LogP contribution is 2.45. The molecule has 7 heteroatoms. The predicted molar refractivity (Wildman–Crippen MR) is 98.6 cm³/mol. The minimum absolute atomic E-state index is 0.0452. The van der Waals surface area contributed by atoms with Crippen LogP contribution in [0.15, 0.2) is 41.8 Å². The molecule has 6 nitrogen and oxygen atoms in total. The Balaban J connectivity index is 1.99. The van der Waals surface area contributed by atoms with Crippen molar-refractivity contribution in [2.45, 2.75) is 25.7 Å². The number of fused-ring (bicyclic) bond motifs is 2. The van der Waals surface area contributed by atoms with Gasteiger partial charge in [-0.2, -0.15) is 5.26 Å². The summed E-state index contributed by atoms with van der Waals surface area (Å²) >= 11 is 6.51. The Labute approximate surface area is 155 Å². The molecule has 1 aliphatic heterocycles. The Morgan fingerprint density at radius 1 is 1.38 bits per heavy atom. The summed E-state index contributed by atoms with van der Waals surface area (Å²) in [5.74, 6) is -0.0309. The van der Waals surface area contributed by atoms with Gasteiger partial charge in [0.25, 0.3) is 0 Å². The fourth-order valence-electron chi connectivity index (χ4n) is 3.37. The van der Waals surface area contributed by atoms with E-state index in [4.69, 9.17) is 22.1 Å². The first-order valence-electron chi connectivity index (χ1n) is 8.34. The summed E-state index contributed by atoms with van der Waals surface area (Å²) in [6, 6.07) is 11.8. The van der Waals surface area contributed by atoms with Gasteiger partial charge in [-0.15, -0.1) is 5.10 Å². The fraction of sp³-hybridized carbons (Fsp3) is 0.211. The van der Waals surface area contributed by atoms with Crippen molar-refractivity contribution < 1.29 is 4.74 Å². The third kappa shape index (κ3) is 2.49. The summed E-state index contributed by atoms with van der Waals surface area (Å²) in [6.07, 6.45) is 1.70. The number of aromatic nitrogens is 3. The molecule has 0 bridgehead atoms. The molecule has 3 aromatic rings. The summed E-state index contributed by atoms with van der Waals surface area (Å²) in [6.45, 7) is 2.08. The Morgan fingerprint density at radius 3 is 2.96 bits per heavy atom. The normalized spacial score (nSPS) is 16.3. The number of para-hydroxylation sites is 1. The molecule has 3 N–H and O–H groups in total. The first kappa shape index (κ1) is 16.4. The van der Waals surface area contributed by atoms with E-state index < -0.39 is 5.92 Å². The maximum absolute atomic E-state index is 9.72. The summed E-state index contributed by atoms with van der Waals surface area (Å²) in [4.78, 5) is 4.50. The van der Waals surface area contributed by atoms with E-state index in [-0.39, 0.29) is 5.88 Å². The van der Waals surface area contributed by atoms with Gasteiger partial charge in [0.1, 0.15) is 16.8 Å². The van der Waals surface area contributed by atoms with Crippen molar-refractivity contribution in [1.82, 2.24) is 15.2 Å². The van der Waals surface area contributed by atoms with Gasteiger partial charge in [0.2, 0.25) is 11.8 Å². The number of nitrogens with zero attached hydrogens (tertiary/aromatic N) is 3. The first-order chi connectivity index (χ1) is 12.6. The van der Waals surface area contributed by atoms with E-state index in [2.05, 4.69) is 28.2 Å². The largest absolute Gasteiger partial charge is 0.420 e. The standard InChI is InChI=1S/C19H16ClN5O/c1-2-5-14-16-15(12(9-21)18(22)26-19(16)25-24-14)11-8-10-6-3-4-7-13(10)23-17(11)20/h3-4,6-8,15H,2,5,22H2,1H3,(H,24,25). The number of pyridine rings is 1. The monoisotopic (exact) mass is 365 g/mol. The van der Waals surface area contributed by atoms with Crippen LogP contribution in [0.4, 0.5) is 0 Å². The van der Waals surface area contributed by atoms with E-state index in [0.29, 0.717) is 22.2 Å². The molecule has 1 unspecified atom stereocenters. The van der Waals surface area contributed by atoms with Gasteiger partial charge < -0.3 is 10.5 Å². The zero-order valence-corrected chi connectivity index (χ0v) is 14.8. The molecule has 0 aliphatic carbocycles. The van der Waals surface area contributed by atoms with E-state index in [1.165, 1.54) is 0 Å². The number of ether oxygens (including phenoxy) is 1. The lowest BCUT2D eigenvalue weighted by Crippen LogP contribution is -2.21. The quantitative estimate of drug-likeness (QED) is 0.688. The van der Waals surface area contributed by atoms with Crippen molar-refractivity contribution >= 4 is 22.5 Å². The van der Waals surface area contributed by atoms with Gasteiger partial charge in [0.05, 0.1) is 17.0 Å². The number of H-pyrrole nitrogens is 1. The molecule has 130 valence electrons. The molecule has 4 rings (SSSR count). The molecular formula is C19H16ClN5O. The van der Waals surface area contributed by atoms with Crippen LogP contribution in [-0.2, 0) is 6.42 Å². The molecule has 3 heterocycles. The van der Waals surface area contributed by atoms with E-state index in [1.807, 2.05) is 30.3 Å². The minimum atomic E-state index is -0.464. The van der Waals surface area contributed by atoms with Crippen LogP contribution in [0.25, 0.3) is 10.9 Å². The zero-order valence-electron chi connectivity index (χ0n) is 14.1. The third-order valence-electron chi connectivity index (χ3n) is 4.53. The van der Waals surface area contributed by atoms with Crippen molar-refractivity contribution in [3.05, 3.63) is 63.8 Å². The highest BCUT2D eigenvalue weighted by molar-refractivity contribution is 6.30. The molecule has 0 fully saturated rings. The predicted octanol–water partition coefficient (Wildman–Crippen LogP) is 3.78. The smallest absolute Gasteiger partial charge is 0.244 e. The second kappa shape index (κ2) is 6.36. The van der Waals surface area contributed by atoms with Gasteiger partial charge >= 0.3 is 0 Å². The number of nitriles is 1. The highest BCUT2D eigenvalue weighted by atomic mass is 35.5. The number of nitrogens with one attached hydrogen (secondary N) is 1. The van der Waals surface area contributed by atoms with E-state index in [0.717, 1.165) is 35.0 Å². The fourth-order valence-corrected chi connectivity index (χ4v) is 3.63. The van der Waals surface area contributed by atoms with Crippen LogP contribution < -0.4 is 10.5 Å². The van der Waals surface area contributed by atoms with Crippen molar-refractivity contribution in [1.29, 1.82) is 5.26 Å². The van der Waals surface area contributed by atoms with Crippen LogP contribution in [0, 0.1) is 11.3 Å². The number of allylic oxidation sites excluding steroid dienone is 1. The number of benzene rings is 1. The molecule has 0 saturated carbocycles. The van der Waals surface area contributed by atoms with Gasteiger partial charge in [0.15, 0.2) is 0 Å². The van der Waals surface area contributed by atoms with Gasteiger partial charge in [-0.25, -0.2) is 4.98 Å². The molecule has 1 aliphatic rings. The summed E-state index contributed by atoms with van der Waals surface area (Å²) in [7, 11) is 0. The molecule has 26 heavy (non-hydrogen) atoms. The first-order valence-corrected chi connectivity index (χ1v) is 8.71. The van der Waals surface area contributed by atoms with Crippen LogP contribution in [0.1, 0.15) is 36.1 Å². The Morgan fingerprint density at radius 2 is 2.19 bits per heavy atom. The third-order valence-corrected chi connectivity index (χ3v) is 4.84. The van der Waals surface area contributed by atoms with Gasteiger partial charge in [-0.05, 0) is 18.6 Å². The highest BCUT2D eigenvalue weighted by Gasteiger charge is 2.36. The van der Waals surface area contributed by atoms with Crippen LogP contribution in [0.2, 0.25) is 5.15 Å². The van der Waals surface area contributed by atoms with E-state index in [1.54, 1.807) is 0 Å². The number of aryl methyl sites for hydroxylation is 1. The SMILES string of the molecule is CCCc1[nH]nc2c1C(c1cc3ccccc3nc1Cl)C(C#N)=C(N)O2. The van der Waals surface area contributed by atoms with Crippen LogP contribution in [0.5, 0.6) is 5.88 Å². The van der Waals surface area contributed by atoms with Gasteiger partial charge in [-0.1, -0.05) is 43.1 Å². The van der Waals surface area contributed by atoms with Crippen molar-refractivity contribution in [2.24, 2.45) is 5.73 Å². The summed E-state index contributed by atoms with van der Waals surface area (Å²) in [5, 5.41) is 18.2. The summed E-state index contributed by atoms with van der Waals surface area (Å²) in [5.41, 5.74) is 9.54. The lowest BCUT2D eigenvalue weighted by molar-refractivity contribution is 0.378. The number of hydrogen-bond donors (Lipinski definition) is 2. The molecule has 0 saturated heterocycles. The lowest BCUT2D eigenvalue weighted by Gasteiger charge is -2.24. The maximum atomic E-state index is 9.72. The second-order valence-electron chi connectivity index (χ2n) is 6.16. The van der Waals surface area contributed by atoms with Crippen LogP contribution in [0.3, 0.4) is 0 Å². The van der Waals surface area contributed by atoms with Crippen molar-refractivity contribution in [3.8, 4) is 11.9 Å². The Bertz CT molecular complexity index is 1080. The second-order valence-corrected chi connectivity index (χ2v) is 6.51. The topological polar surface area (TPSA) is 101 Å². The van der Waals surface area contributed by atoms with Crippen molar-refractivity contribution in [2.75, 3.05) is 0 Å².